The molecule has 0 amide bonds. The fourth-order valence-electron chi connectivity index (χ4n) is 5.11. The first kappa shape index (κ1) is 25.6. The smallest absolute Gasteiger partial charge is 0.165 e. The molecule has 0 aliphatic carbocycles. The number of ether oxygens (including phenoxy) is 4. The Balaban J connectivity index is 1.46. The molecule has 0 saturated carbocycles. The van der Waals surface area contributed by atoms with Gasteiger partial charge in [0.05, 0.1) is 32.1 Å². The second kappa shape index (κ2) is 11.5. The third-order valence-electron chi connectivity index (χ3n) is 6.49. The van der Waals surface area contributed by atoms with E-state index in [0.717, 1.165) is 68.7 Å². The molecule has 0 saturated heterocycles. The summed E-state index contributed by atoms with van der Waals surface area (Å²) in [6.45, 7) is 18.5. The second-order valence-electron chi connectivity index (χ2n) is 10.0. The van der Waals surface area contributed by atoms with Crippen LogP contribution in [-0.4, -0.2) is 55.0 Å². The zero-order valence-corrected chi connectivity index (χ0v) is 22.4. The highest BCUT2D eigenvalue weighted by molar-refractivity contribution is 5.53. The molecule has 6 nitrogen and oxygen atoms in total. The lowest BCUT2D eigenvalue weighted by atomic mass is 9.97. The molecule has 2 aromatic rings. The largest absolute Gasteiger partial charge is 0.490 e. The van der Waals surface area contributed by atoms with Gasteiger partial charge in [-0.05, 0) is 77.6 Å². The lowest BCUT2D eigenvalue weighted by Gasteiger charge is -2.37. The Labute approximate surface area is 211 Å². The third-order valence-corrected chi connectivity index (χ3v) is 6.49. The summed E-state index contributed by atoms with van der Waals surface area (Å²) in [5.41, 5.74) is 5.32. The average Bonchev–Trinajstić information content (AvgIpc) is 2.81. The first-order chi connectivity index (χ1) is 16.9. The molecule has 0 aromatic heterocycles. The molecule has 0 unspecified atom stereocenters. The van der Waals surface area contributed by atoms with E-state index in [1.165, 1.54) is 22.3 Å². The van der Waals surface area contributed by atoms with Gasteiger partial charge in [0.25, 0.3) is 0 Å². The second-order valence-corrected chi connectivity index (χ2v) is 10.0. The van der Waals surface area contributed by atoms with E-state index >= 15 is 0 Å². The van der Waals surface area contributed by atoms with Crippen molar-refractivity contribution in [3.63, 3.8) is 0 Å². The lowest BCUT2D eigenvalue weighted by molar-refractivity contribution is 0.107. The van der Waals surface area contributed by atoms with Crippen LogP contribution in [0.5, 0.6) is 23.0 Å². The van der Waals surface area contributed by atoms with Crippen LogP contribution in [0.2, 0.25) is 0 Å². The first-order valence-corrected chi connectivity index (χ1v) is 13.2. The fraction of sp³-hybridized carbons (Fsp3) is 0.586. The molecule has 2 aromatic carbocycles. The molecule has 35 heavy (non-hydrogen) atoms. The highest BCUT2D eigenvalue weighted by Gasteiger charge is 2.27. The third kappa shape index (κ3) is 6.04. The number of benzene rings is 2. The molecule has 0 radical (unpaired) electrons. The van der Waals surface area contributed by atoms with Crippen molar-refractivity contribution >= 4 is 0 Å². The van der Waals surface area contributed by atoms with Crippen molar-refractivity contribution in [1.29, 1.82) is 0 Å². The van der Waals surface area contributed by atoms with Crippen LogP contribution in [-0.2, 0) is 25.9 Å². The summed E-state index contributed by atoms with van der Waals surface area (Å²) in [5.74, 6) is 3.61. The van der Waals surface area contributed by atoms with E-state index in [0.29, 0.717) is 13.2 Å². The summed E-state index contributed by atoms with van der Waals surface area (Å²) in [6.07, 6.45) is 2.21. The molecule has 2 aliphatic heterocycles. The maximum Gasteiger partial charge on any atom is 0.165 e. The van der Waals surface area contributed by atoms with Crippen LogP contribution < -0.4 is 18.9 Å². The van der Waals surface area contributed by atoms with E-state index < -0.39 is 0 Å². The number of hydrogen-bond donors (Lipinski definition) is 0. The zero-order chi connectivity index (χ0) is 24.9. The molecular weight excluding hydrogens is 440 g/mol. The van der Waals surface area contributed by atoms with E-state index in [9.17, 15) is 0 Å². The number of rotatable bonds is 10. The maximum atomic E-state index is 6.21. The molecule has 2 heterocycles. The van der Waals surface area contributed by atoms with Gasteiger partial charge in [0.2, 0.25) is 0 Å². The number of fused-ring (bicyclic) bond motifs is 2. The molecule has 4 rings (SSSR count). The minimum atomic E-state index is 0.125. The van der Waals surface area contributed by atoms with Crippen molar-refractivity contribution in [2.75, 3.05) is 33.0 Å². The Kier molecular flexibility index (Phi) is 8.45. The first-order valence-electron chi connectivity index (χ1n) is 13.2. The van der Waals surface area contributed by atoms with Crippen molar-refractivity contribution in [2.24, 2.45) is 0 Å². The van der Waals surface area contributed by atoms with Crippen LogP contribution in [0.4, 0.5) is 0 Å². The predicted molar refractivity (Wildman–Crippen MR) is 140 cm³/mol. The molecule has 0 spiro atoms. The van der Waals surface area contributed by atoms with Gasteiger partial charge in [-0.15, -0.1) is 0 Å². The molecule has 0 fully saturated rings. The Morgan fingerprint density at radius 1 is 0.686 bits per heavy atom. The van der Waals surface area contributed by atoms with Crippen molar-refractivity contribution < 1.29 is 18.9 Å². The Morgan fingerprint density at radius 3 is 1.49 bits per heavy atom. The van der Waals surface area contributed by atoms with Crippen molar-refractivity contribution in [1.82, 2.24) is 9.80 Å². The SMILES string of the molecule is CCOc1ccc2c(c1OC(C)C)CCN(CN1CCc3c(ccc(OCC)c3OC(C)C)C1)C2. The van der Waals surface area contributed by atoms with Crippen LogP contribution >= 0.6 is 0 Å². The van der Waals surface area contributed by atoms with Crippen LogP contribution in [0.1, 0.15) is 63.8 Å². The Hall–Kier alpha value is -2.44. The van der Waals surface area contributed by atoms with Crippen LogP contribution in [0, 0.1) is 0 Å². The van der Waals surface area contributed by atoms with E-state index in [1.54, 1.807) is 0 Å². The molecule has 6 heteroatoms. The van der Waals surface area contributed by atoms with Gasteiger partial charge >= 0.3 is 0 Å². The number of nitrogens with zero attached hydrogens (tertiary/aromatic N) is 2. The fourth-order valence-corrected chi connectivity index (χ4v) is 5.11. The molecule has 0 bridgehead atoms. The number of hydrogen-bond acceptors (Lipinski definition) is 6. The lowest BCUT2D eigenvalue weighted by Crippen LogP contribution is -2.43. The van der Waals surface area contributed by atoms with Gasteiger partial charge in [-0.1, -0.05) is 12.1 Å². The summed E-state index contributed by atoms with van der Waals surface area (Å²) in [7, 11) is 0. The normalized spacial score (nSPS) is 16.2. The Bertz CT molecular complexity index is 925. The monoisotopic (exact) mass is 482 g/mol. The maximum absolute atomic E-state index is 6.21. The predicted octanol–water partition coefficient (Wildman–Crippen LogP) is 5.43. The van der Waals surface area contributed by atoms with Crippen molar-refractivity contribution in [3.8, 4) is 23.0 Å². The topological polar surface area (TPSA) is 43.4 Å². The van der Waals surface area contributed by atoms with Crippen LogP contribution in [0.15, 0.2) is 24.3 Å². The molecule has 0 atom stereocenters. The van der Waals surface area contributed by atoms with E-state index in [4.69, 9.17) is 18.9 Å². The summed E-state index contributed by atoms with van der Waals surface area (Å²) < 4.78 is 24.2. The quantitative estimate of drug-likeness (QED) is 0.450. The molecule has 2 aliphatic rings. The standard InChI is InChI=1S/C29H42N2O4/c1-7-32-26-11-9-22-17-30(15-13-24(22)28(26)34-20(3)4)19-31-16-14-25-23(18-31)10-12-27(33-8-2)29(25)35-21(5)6/h9-12,20-21H,7-8,13-19H2,1-6H3. The summed E-state index contributed by atoms with van der Waals surface area (Å²) >= 11 is 0. The minimum absolute atomic E-state index is 0.125. The van der Waals surface area contributed by atoms with Gasteiger partial charge in [-0.25, -0.2) is 0 Å². The van der Waals surface area contributed by atoms with E-state index in [-0.39, 0.29) is 12.2 Å². The van der Waals surface area contributed by atoms with Gasteiger partial charge in [-0.3, -0.25) is 9.80 Å². The molecular formula is C29H42N2O4. The van der Waals surface area contributed by atoms with Crippen LogP contribution in [0.3, 0.4) is 0 Å². The average molecular weight is 483 g/mol. The zero-order valence-electron chi connectivity index (χ0n) is 22.4. The summed E-state index contributed by atoms with van der Waals surface area (Å²) in [6, 6.07) is 8.59. The molecule has 192 valence electrons. The summed E-state index contributed by atoms with van der Waals surface area (Å²) in [5, 5.41) is 0. The van der Waals surface area contributed by atoms with E-state index in [2.05, 4.69) is 61.8 Å². The van der Waals surface area contributed by atoms with Crippen molar-refractivity contribution in [3.05, 3.63) is 46.5 Å². The highest BCUT2D eigenvalue weighted by atomic mass is 16.5. The van der Waals surface area contributed by atoms with Crippen molar-refractivity contribution in [2.45, 2.75) is 79.7 Å². The van der Waals surface area contributed by atoms with Gasteiger partial charge in [0.15, 0.2) is 23.0 Å². The van der Waals surface area contributed by atoms with Gasteiger partial charge in [0, 0.05) is 37.3 Å². The highest BCUT2D eigenvalue weighted by Crippen LogP contribution is 2.39. The van der Waals surface area contributed by atoms with Gasteiger partial charge in [0.1, 0.15) is 0 Å². The van der Waals surface area contributed by atoms with Gasteiger partial charge < -0.3 is 18.9 Å². The van der Waals surface area contributed by atoms with Crippen LogP contribution in [0.25, 0.3) is 0 Å². The molecule has 0 N–H and O–H groups in total. The Morgan fingerprint density at radius 2 is 1.11 bits per heavy atom. The van der Waals surface area contributed by atoms with E-state index in [1.807, 2.05) is 13.8 Å². The minimum Gasteiger partial charge on any atom is -0.490 e. The summed E-state index contributed by atoms with van der Waals surface area (Å²) in [4.78, 5) is 5.10. The van der Waals surface area contributed by atoms with Gasteiger partial charge in [-0.2, -0.15) is 0 Å².